The lowest BCUT2D eigenvalue weighted by molar-refractivity contribution is 1.02. The van der Waals surface area contributed by atoms with E-state index in [2.05, 4.69) is 36.8 Å². The fraction of sp³-hybridized carbons (Fsp3) is 0.105. The molecule has 0 amide bonds. The average molecular weight is 409 g/mol. The number of hydrogen-bond acceptors (Lipinski definition) is 5. The molecule has 0 spiro atoms. The lowest BCUT2D eigenvalue weighted by atomic mass is 10.2. The van der Waals surface area contributed by atoms with Crippen LogP contribution in [0.25, 0.3) is 22.3 Å². The first-order valence-electron chi connectivity index (χ1n) is 8.30. The molecule has 0 aliphatic heterocycles. The van der Waals surface area contributed by atoms with Crippen LogP contribution in [-0.4, -0.2) is 33.3 Å². The number of nitrogens with one attached hydrogen (secondary N) is 3. The van der Waals surface area contributed by atoms with Crippen molar-refractivity contribution in [1.29, 1.82) is 0 Å². The molecule has 0 saturated carbocycles. The Hall–Kier alpha value is -2.93. The Kier molecular flexibility index (Phi) is 4.79. The molecule has 2 aromatic carbocycles. The predicted octanol–water partition coefficient (Wildman–Crippen LogP) is 4.31. The summed E-state index contributed by atoms with van der Waals surface area (Å²) >= 11 is 3.59. The van der Waals surface area contributed by atoms with Gasteiger partial charge in [0.1, 0.15) is 11.6 Å². The van der Waals surface area contributed by atoms with Gasteiger partial charge in [0.2, 0.25) is 0 Å². The molecule has 0 saturated heterocycles. The van der Waals surface area contributed by atoms with Crippen molar-refractivity contribution < 1.29 is 0 Å². The maximum absolute atomic E-state index is 4.77. The minimum absolute atomic E-state index is 0.695. The maximum Gasteiger partial charge on any atom is 0.163 e. The average Bonchev–Trinajstić information content (AvgIpc) is 3.19. The molecule has 7 heteroatoms. The van der Waals surface area contributed by atoms with Crippen molar-refractivity contribution in [2.45, 2.75) is 0 Å². The van der Waals surface area contributed by atoms with Gasteiger partial charge >= 0.3 is 0 Å². The highest BCUT2D eigenvalue weighted by Crippen LogP contribution is 2.29. The third-order valence-corrected chi connectivity index (χ3v) is 4.64. The van der Waals surface area contributed by atoms with Crippen LogP contribution in [0, 0.1) is 0 Å². The number of anilines is 2. The predicted molar refractivity (Wildman–Crippen MR) is 108 cm³/mol. The largest absolute Gasteiger partial charge is 0.369 e. The maximum atomic E-state index is 4.77. The van der Waals surface area contributed by atoms with Gasteiger partial charge in [0.15, 0.2) is 5.82 Å². The van der Waals surface area contributed by atoms with Crippen LogP contribution >= 0.6 is 15.9 Å². The zero-order chi connectivity index (χ0) is 17.8. The molecule has 0 aliphatic rings. The topological polar surface area (TPSA) is 78.5 Å². The van der Waals surface area contributed by atoms with Crippen molar-refractivity contribution in [3.05, 3.63) is 65.3 Å². The standard InChI is InChI=1S/C19H17BrN6/c20-15-7-3-1-5-13(15)19-24-16-8-4-2-6-14(16)18(25-19)22-12-11-21-17-9-10-23-26-17/h1-10H,11-12H2,(H2,21,23,26)(H,22,24,25). The summed E-state index contributed by atoms with van der Waals surface area (Å²) in [5.41, 5.74) is 1.88. The van der Waals surface area contributed by atoms with E-state index in [1.807, 2.05) is 54.6 Å². The second-order valence-corrected chi connectivity index (χ2v) is 6.57. The summed E-state index contributed by atoms with van der Waals surface area (Å²) in [6, 6.07) is 17.9. The molecular formula is C19H17BrN6. The van der Waals surface area contributed by atoms with Gasteiger partial charge in [-0.15, -0.1) is 0 Å². The van der Waals surface area contributed by atoms with Crippen LogP contribution in [0.1, 0.15) is 0 Å². The van der Waals surface area contributed by atoms with Crippen LogP contribution in [0.5, 0.6) is 0 Å². The highest BCUT2D eigenvalue weighted by molar-refractivity contribution is 9.10. The first-order chi connectivity index (χ1) is 12.8. The number of H-pyrrole nitrogens is 1. The van der Waals surface area contributed by atoms with Gasteiger partial charge < -0.3 is 10.6 Å². The Morgan fingerprint density at radius 3 is 2.54 bits per heavy atom. The number of aromatic amines is 1. The third-order valence-electron chi connectivity index (χ3n) is 3.95. The molecule has 2 aromatic heterocycles. The molecule has 3 N–H and O–H groups in total. The normalized spacial score (nSPS) is 10.8. The molecule has 0 atom stereocenters. The zero-order valence-electron chi connectivity index (χ0n) is 13.9. The van der Waals surface area contributed by atoms with Crippen molar-refractivity contribution >= 4 is 38.5 Å². The molecule has 2 heterocycles. The highest BCUT2D eigenvalue weighted by atomic mass is 79.9. The molecule has 0 aliphatic carbocycles. The fourth-order valence-corrected chi connectivity index (χ4v) is 3.17. The molecule has 130 valence electrons. The van der Waals surface area contributed by atoms with Gasteiger partial charge in [0.25, 0.3) is 0 Å². The van der Waals surface area contributed by atoms with E-state index in [9.17, 15) is 0 Å². The van der Waals surface area contributed by atoms with E-state index in [-0.39, 0.29) is 0 Å². The Morgan fingerprint density at radius 1 is 0.885 bits per heavy atom. The number of para-hydroxylation sites is 1. The molecule has 0 unspecified atom stereocenters. The summed E-state index contributed by atoms with van der Waals surface area (Å²) in [6.07, 6.45) is 1.72. The SMILES string of the molecule is Brc1ccccc1-c1nc(NCCNc2ccn[nH]2)c2ccccc2n1. The molecule has 4 rings (SSSR count). The van der Waals surface area contributed by atoms with E-state index < -0.39 is 0 Å². The van der Waals surface area contributed by atoms with Gasteiger partial charge in [-0.3, -0.25) is 5.10 Å². The van der Waals surface area contributed by atoms with Crippen LogP contribution in [0.2, 0.25) is 0 Å². The molecule has 26 heavy (non-hydrogen) atoms. The molecule has 4 aromatic rings. The number of fused-ring (bicyclic) bond motifs is 1. The van der Waals surface area contributed by atoms with Crippen LogP contribution in [0.4, 0.5) is 11.6 Å². The number of hydrogen-bond donors (Lipinski definition) is 3. The van der Waals surface area contributed by atoms with Gasteiger partial charge in [-0.05, 0) is 24.3 Å². The number of benzene rings is 2. The Morgan fingerprint density at radius 2 is 1.69 bits per heavy atom. The third kappa shape index (κ3) is 3.52. The Bertz CT molecular complexity index is 1020. The molecule has 0 fully saturated rings. The molecule has 0 bridgehead atoms. The van der Waals surface area contributed by atoms with Crippen LogP contribution in [0.15, 0.2) is 65.3 Å². The monoisotopic (exact) mass is 408 g/mol. The zero-order valence-corrected chi connectivity index (χ0v) is 15.5. The Labute approximate surface area is 159 Å². The minimum atomic E-state index is 0.695. The highest BCUT2D eigenvalue weighted by Gasteiger charge is 2.11. The summed E-state index contributed by atoms with van der Waals surface area (Å²) in [5, 5.41) is 14.5. The van der Waals surface area contributed by atoms with E-state index >= 15 is 0 Å². The van der Waals surface area contributed by atoms with Gasteiger partial charge in [-0.1, -0.05) is 46.3 Å². The summed E-state index contributed by atoms with van der Waals surface area (Å²) < 4.78 is 0.974. The van der Waals surface area contributed by atoms with Crippen molar-refractivity contribution in [2.75, 3.05) is 23.7 Å². The smallest absolute Gasteiger partial charge is 0.163 e. The first kappa shape index (κ1) is 16.5. The number of aromatic nitrogens is 4. The summed E-state index contributed by atoms with van der Waals surface area (Å²) in [5.74, 6) is 2.42. The van der Waals surface area contributed by atoms with E-state index in [0.29, 0.717) is 5.82 Å². The molecular weight excluding hydrogens is 392 g/mol. The van der Waals surface area contributed by atoms with E-state index in [1.165, 1.54) is 0 Å². The Balaban J connectivity index is 1.61. The summed E-state index contributed by atoms with van der Waals surface area (Å²) in [6.45, 7) is 1.46. The lowest BCUT2D eigenvalue weighted by Crippen LogP contribution is -2.15. The minimum Gasteiger partial charge on any atom is -0.369 e. The van der Waals surface area contributed by atoms with Crippen LogP contribution in [-0.2, 0) is 0 Å². The fourth-order valence-electron chi connectivity index (χ4n) is 2.71. The quantitative estimate of drug-likeness (QED) is 0.414. The summed E-state index contributed by atoms with van der Waals surface area (Å²) in [7, 11) is 0. The van der Waals surface area contributed by atoms with Crippen LogP contribution in [0.3, 0.4) is 0 Å². The van der Waals surface area contributed by atoms with E-state index in [1.54, 1.807) is 6.20 Å². The van der Waals surface area contributed by atoms with Gasteiger partial charge in [-0.25, -0.2) is 9.97 Å². The van der Waals surface area contributed by atoms with E-state index in [4.69, 9.17) is 9.97 Å². The first-order valence-corrected chi connectivity index (χ1v) is 9.09. The number of nitrogens with zero attached hydrogens (tertiary/aromatic N) is 3. The second kappa shape index (κ2) is 7.53. The van der Waals surface area contributed by atoms with Crippen LogP contribution < -0.4 is 10.6 Å². The number of halogens is 1. The van der Waals surface area contributed by atoms with E-state index in [0.717, 1.165) is 45.7 Å². The van der Waals surface area contributed by atoms with Crippen molar-refractivity contribution in [3.63, 3.8) is 0 Å². The van der Waals surface area contributed by atoms with Gasteiger partial charge in [0, 0.05) is 28.5 Å². The second-order valence-electron chi connectivity index (χ2n) is 5.72. The van der Waals surface area contributed by atoms with Gasteiger partial charge in [-0.2, -0.15) is 5.10 Å². The summed E-state index contributed by atoms with van der Waals surface area (Å²) in [4.78, 5) is 9.49. The van der Waals surface area contributed by atoms with Gasteiger partial charge in [0.05, 0.1) is 11.7 Å². The van der Waals surface area contributed by atoms with Crippen molar-refractivity contribution in [1.82, 2.24) is 20.2 Å². The van der Waals surface area contributed by atoms with Crippen molar-refractivity contribution in [2.24, 2.45) is 0 Å². The number of rotatable bonds is 6. The molecule has 0 radical (unpaired) electrons. The lowest BCUT2D eigenvalue weighted by Gasteiger charge is -2.12. The molecule has 6 nitrogen and oxygen atoms in total. The van der Waals surface area contributed by atoms with Crippen molar-refractivity contribution in [3.8, 4) is 11.4 Å².